The molecule has 3 aromatic carbocycles. The minimum atomic E-state index is -1.06. The summed E-state index contributed by atoms with van der Waals surface area (Å²) in [4.78, 5) is 23.0. The number of ether oxygens (including phenoxy) is 1. The molecule has 0 radical (unpaired) electrons. The number of amides is 1. The summed E-state index contributed by atoms with van der Waals surface area (Å²) in [6.45, 7) is -0.202. The molecule has 0 saturated heterocycles. The van der Waals surface area contributed by atoms with Gasteiger partial charge >= 0.3 is 5.97 Å². The molecule has 0 aliphatic rings. The zero-order chi connectivity index (χ0) is 18.4. The summed E-state index contributed by atoms with van der Waals surface area (Å²) in [5, 5.41) is 14.8. The van der Waals surface area contributed by atoms with Crippen molar-refractivity contribution in [3.8, 4) is 5.75 Å². The molecular formula is C20H16N2O4. The van der Waals surface area contributed by atoms with Crippen LogP contribution < -0.4 is 10.2 Å². The lowest BCUT2D eigenvalue weighted by Gasteiger charge is -2.08. The quantitative estimate of drug-likeness (QED) is 0.529. The van der Waals surface area contributed by atoms with Crippen LogP contribution in [0.1, 0.15) is 15.9 Å². The highest BCUT2D eigenvalue weighted by molar-refractivity contribution is 5.98. The molecule has 26 heavy (non-hydrogen) atoms. The van der Waals surface area contributed by atoms with E-state index in [0.717, 1.165) is 10.8 Å². The first-order chi connectivity index (χ1) is 12.6. The van der Waals surface area contributed by atoms with Crippen LogP contribution in [0.25, 0.3) is 10.8 Å². The van der Waals surface area contributed by atoms with Crippen LogP contribution in [0.3, 0.4) is 0 Å². The molecular weight excluding hydrogens is 332 g/mol. The van der Waals surface area contributed by atoms with E-state index in [9.17, 15) is 9.59 Å². The van der Waals surface area contributed by atoms with Gasteiger partial charge in [-0.25, -0.2) is 10.2 Å². The van der Waals surface area contributed by atoms with E-state index < -0.39 is 11.9 Å². The second kappa shape index (κ2) is 7.94. The lowest BCUT2D eigenvalue weighted by Crippen LogP contribution is -2.24. The molecule has 0 unspecified atom stereocenters. The van der Waals surface area contributed by atoms with Crippen molar-refractivity contribution in [3.05, 3.63) is 77.9 Å². The SMILES string of the molecule is O=C(COc1cccc2ccccc12)NN=Cc1ccccc1C(=O)O. The van der Waals surface area contributed by atoms with Crippen LogP contribution in [-0.4, -0.2) is 29.8 Å². The highest BCUT2D eigenvalue weighted by atomic mass is 16.5. The number of hydrogen-bond acceptors (Lipinski definition) is 4. The summed E-state index contributed by atoms with van der Waals surface area (Å²) >= 11 is 0. The smallest absolute Gasteiger partial charge is 0.336 e. The third-order valence-electron chi connectivity index (χ3n) is 3.69. The molecule has 3 aromatic rings. The third-order valence-corrected chi connectivity index (χ3v) is 3.69. The van der Waals surface area contributed by atoms with Crippen LogP contribution in [0.15, 0.2) is 71.8 Å². The molecule has 0 heterocycles. The van der Waals surface area contributed by atoms with Crippen molar-refractivity contribution < 1.29 is 19.4 Å². The molecule has 1 amide bonds. The standard InChI is InChI=1S/C20H16N2O4/c23-19(22-21-12-15-7-2-4-10-17(15)20(24)25)13-26-18-11-5-8-14-6-1-3-9-16(14)18/h1-12H,13H2,(H,22,23)(H,24,25). The largest absolute Gasteiger partial charge is 0.483 e. The van der Waals surface area contributed by atoms with E-state index in [1.54, 1.807) is 24.3 Å². The first kappa shape index (κ1) is 17.2. The fraction of sp³-hybridized carbons (Fsp3) is 0.0500. The van der Waals surface area contributed by atoms with Crippen molar-refractivity contribution in [1.82, 2.24) is 5.43 Å². The number of carbonyl (C=O) groups excluding carboxylic acids is 1. The van der Waals surface area contributed by atoms with Gasteiger partial charge in [-0.15, -0.1) is 0 Å². The summed E-state index contributed by atoms with van der Waals surface area (Å²) in [6, 6.07) is 19.7. The Hall–Kier alpha value is -3.67. The number of carboxylic acids is 1. The van der Waals surface area contributed by atoms with E-state index in [2.05, 4.69) is 10.5 Å². The number of rotatable bonds is 6. The second-order valence-electron chi connectivity index (χ2n) is 5.45. The number of aromatic carboxylic acids is 1. The van der Waals surface area contributed by atoms with Crippen LogP contribution in [0.5, 0.6) is 5.75 Å². The highest BCUT2D eigenvalue weighted by Gasteiger charge is 2.07. The lowest BCUT2D eigenvalue weighted by atomic mass is 10.1. The van der Waals surface area contributed by atoms with Crippen molar-refractivity contribution >= 4 is 28.9 Å². The van der Waals surface area contributed by atoms with Gasteiger partial charge < -0.3 is 9.84 Å². The maximum absolute atomic E-state index is 11.9. The molecule has 0 aliphatic heterocycles. The lowest BCUT2D eigenvalue weighted by molar-refractivity contribution is -0.123. The third kappa shape index (κ3) is 4.05. The summed E-state index contributed by atoms with van der Waals surface area (Å²) in [5.74, 6) is -0.891. The number of nitrogens with one attached hydrogen (secondary N) is 1. The summed E-state index contributed by atoms with van der Waals surface area (Å²) in [5.41, 5.74) is 2.84. The zero-order valence-electron chi connectivity index (χ0n) is 13.8. The van der Waals surface area contributed by atoms with Crippen LogP contribution in [-0.2, 0) is 4.79 Å². The molecule has 0 aliphatic carbocycles. The van der Waals surface area contributed by atoms with Gasteiger partial charge in [-0.05, 0) is 17.5 Å². The first-order valence-electron chi connectivity index (χ1n) is 7.90. The van der Waals surface area contributed by atoms with Crippen molar-refractivity contribution in [2.45, 2.75) is 0 Å². The van der Waals surface area contributed by atoms with E-state index in [-0.39, 0.29) is 12.2 Å². The average Bonchev–Trinajstić information content (AvgIpc) is 2.66. The molecule has 6 nitrogen and oxygen atoms in total. The molecule has 0 atom stereocenters. The van der Waals surface area contributed by atoms with Crippen molar-refractivity contribution in [2.24, 2.45) is 5.10 Å². The first-order valence-corrected chi connectivity index (χ1v) is 7.90. The number of carbonyl (C=O) groups is 2. The van der Waals surface area contributed by atoms with Crippen molar-refractivity contribution in [1.29, 1.82) is 0 Å². The molecule has 0 aromatic heterocycles. The number of hydrogen-bond donors (Lipinski definition) is 2. The fourth-order valence-electron chi connectivity index (χ4n) is 2.48. The Kier molecular flexibility index (Phi) is 5.24. The number of carboxylic acid groups (broad SMARTS) is 1. The van der Waals surface area contributed by atoms with Crippen LogP contribution in [0.4, 0.5) is 0 Å². The number of fused-ring (bicyclic) bond motifs is 1. The van der Waals surface area contributed by atoms with Crippen molar-refractivity contribution in [3.63, 3.8) is 0 Å². The zero-order valence-corrected chi connectivity index (χ0v) is 13.8. The van der Waals surface area contributed by atoms with Gasteiger partial charge in [0.15, 0.2) is 6.61 Å². The van der Waals surface area contributed by atoms with E-state index in [4.69, 9.17) is 9.84 Å². The highest BCUT2D eigenvalue weighted by Crippen LogP contribution is 2.24. The van der Waals surface area contributed by atoms with E-state index in [0.29, 0.717) is 11.3 Å². The van der Waals surface area contributed by atoms with Gasteiger partial charge in [0.25, 0.3) is 5.91 Å². The summed E-state index contributed by atoms with van der Waals surface area (Å²) < 4.78 is 5.57. The van der Waals surface area contributed by atoms with Gasteiger partial charge in [0.2, 0.25) is 0 Å². The second-order valence-corrected chi connectivity index (χ2v) is 5.45. The van der Waals surface area contributed by atoms with E-state index in [1.807, 2.05) is 36.4 Å². The van der Waals surface area contributed by atoms with Crippen LogP contribution in [0, 0.1) is 0 Å². The monoisotopic (exact) mass is 348 g/mol. The van der Waals surface area contributed by atoms with Gasteiger partial charge in [-0.1, -0.05) is 54.6 Å². The molecule has 0 spiro atoms. The minimum Gasteiger partial charge on any atom is -0.483 e. The Bertz CT molecular complexity index is 977. The Labute approximate surface area is 149 Å². The Balaban J connectivity index is 1.60. The Morgan fingerprint density at radius 2 is 1.73 bits per heavy atom. The maximum atomic E-state index is 11.9. The molecule has 2 N–H and O–H groups in total. The molecule has 0 fully saturated rings. The average molecular weight is 348 g/mol. The maximum Gasteiger partial charge on any atom is 0.336 e. The number of benzene rings is 3. The van der Waals surface area contributed by atoms with E-state index >= 15 is 0 Å². The fourth-order valence-corrected chi connectivity index (χ4v) is 2.48. The van der Waals surface area contributed by atoms with E-state index in [1.165, 1.54) is 12.3 Å². The molecule has 0 saturated carbocycles. The Morgan fingerprint density at radius 1 is 1.00 bits per heavy atom. The Morgan fingerprint density at radius 3 is 2.58 bits per heavy atom. The topological polar surface area (TPSA) is 88.0 Å². The molecule has 6 heteroatoms. The minimum absolute atomic E-state index is 0.109. The van der Waals surface area contributed by atoms with Gasteiger partial charge in [-0.2, -0.15) is 5.10 Å². The van der Waals surface area contributed by atoms with Gasteiger partial charge in [0, 0.05) is 10.9 Å². The van der Waals surface area contributed by atoms with Crippen LogP contribution in [0.2, 0.25) is 0 Å². The van der Waals surface area contributed by atoms with Gasteiger partial charge in [0.05, 0.1) is 11.8 Å². The predicted octanol–water partition coefficient (Wildman–Crippen LogP) is 3.07. The number of nitrogens with zero attached hydrogens (tertiary/aromatic N) is 1. The molecule has 3 rings (SSSR count). The van der Waals surface area contributed by atoms with Gasteiger partial charge in [-0.3, -0.25) is 4.79 Å². The number of hydrazone groups is 1. The summed E-state index contributed by atoms with van der Waals surface area (Å²) in [6.07, 6.45) is 1.29. The van der Waals surface area contributed by atoms with Crippen molar-refractivity contribution in [2.75, 3.05) is 6.61 Å². The predicted molar refractivity (Wildman–Crippen MR) is 98.6 cm³/mol. The van der Waals surface area contributed by atoms with Gasteiger partial charge in [0.1, 0.15) is 5.75 Å². The molecule has 130 valence electrons. The normalized spacial score (nSPS) is 10.8. The molecule has 0 bridgehead atoms. The summed E-state index contributed by atoms with van der Waals surface area (Å²) in [7, 11) is 0. The van der Waals surface area contributed by atoms with Crippen LogP contribution >= 0.6 is 0 Å².